The average Bonchev–Trinajstić information content (AvgIpc) is 3.37. The Labute approximate surface area is 172 Å². The number of rotatable bonds is 7. The number of ether oxygens (including phenoxy) is 1. The zero-order valence-corrected chi connectivity index (χ0v) is 16.8. The molecule has 4 aromatic rings. The summed E-state index contributed by atoms with van der Waals surface area (Å²) in [7, 11) is 0. The van der Waals surface area contributed by atoms with Crippen LogP contribution in [0.5, 0.6) is 5.75 Å². The molecule has 0 bridgehead atoms. The number of aryl methyl sites for hydroxylation is 1. The Kier molecular flexibility index (Phi) is 5.36. The van der Waals surface area contributed by atoms with Gasteiger partial charge in [0.05, 0.1) is 17.4 Å². The molecule has 0 saturated heterocycles. The number of halogens is 1. The molecule has 0 saturated carbocycles. The summed E-state index contributed by atoms with van der Waals surface area (Å²) in [6, 6.07) is 11.1. The summed E-state index contributed by atoms with van der Waals surface area (Å²) in [6.07, 6.45) is 3.61. The van der Waals surface area contributed by atoms with Crippen molar-refractivity contribution < 1.29 is 18.5 Å². The van der Waals surface area contributed by atoms with Crippen molar-refractivity contribution in [3.63, 3.8) is 0 Å². The maximum Gasteiger partial charge on any atom is 0.258 e. The molecule has 0 aliphatic rings. The van der Waals surface area contributed by atoms with Gasteiger partial charge in [0, 0.05) is 22.9 Å². The Morgan fingerprint density at radius 1 is 1.21 bits per heavy atom. The number of carbonyl (C=O) groups is 1. The molecule has 0 spiro atoms. The summed E-state index contributed by atoms with van der Waals surface area (Å²) in [5.41, 5.74) is 3.20. The van der Waals surface area contributed by atoms with E-state index in [1.807, 2.05) is 38.1 Å². The third kappa shape index (κ3) is 3.89. The van der Waals surface area contributed by atoms with E-state index in [1.165, 1.54) is 0 Å². The van der Waals surface area contributed by atoms with Crippen LogP contribution in [0.15, 0.2) is 51.6 Å². The minimum Gasteiger partial charge on any atom is -0.489 e. The molecule has 2 heterocycles. The van der Waals surface area contributed by atoms with Gasteiger partial charge in [-0.3, -0.25) is 0 Å². The highest BCUT2D eigenvalue weighted by Crippen LogP contribution is 2.34. The quantitative estimate of drug-likeness (QED) is 0.362. The molecule has 0 atom stereocenters. The summed E-state index contributed by atoms with van der Waals surface area (Å²) < 4.78 is 16.7. The predicted molar refractivity (Wildman–Crippen MR) is 110 cm³/mol. The Morgan fingerprint density at radius 2 is 2.07 bits per heavy atom. The molecule has 0 N–H and O–H groups in total. The number of fused-ring (bicyclic) bond motifs is 1. The molecule has 0 fully saturated rings. The van der Waals surface area contributed by atoms with Crippen LogP contribution >= 0.6 is 11.6 Å². The molecule has 0 aliphatic heterocycles. The molecule has 0 radical (unpaired) electrons. The third-order valence-electron chi connectivity index (χ3n) is 4.44. The first-order valence-electron chi connectivity index (χ1n) is 9.30. The average molecular weight is 411 g/mol. The summed E-state index contributed by atoms with van der Waals surface area (Å²) in [6.45, 7) is 3.88. The van der Waals surface area contributed by atoms with Gasteiger partial charge in [-0.2, -0.15) is 4.98 Å². The number of furan rings is 1. The fourth-order valence-corrected chi connectivity index (χ4v) is 3.38. The number of carbonyl (C=O) groups excluding carboxylic acids is 1. The molecule has 148 valence electrons. The third-order valence-corrected chi connectivity index (χ3v) is 4.73. The van der Waals surface area contributed by atoms with Crippen LogP contribution < -0.4 is 4.74 Å². The highest BCUT2D eigenvalue weighted by molar-refractivity contribution is 6.32. The van der Waals surface area contributed by atoms with E-state index >= 15 is 0 Å². The standard InChI is InChI=1S/C22H19ClN2O4/c1-13(2)28-19-8-6-15(12-18(19)23)22-24-21(25-29-22)17-7-5-14(4-3-10-26)20-16(17)9-11-27-20/h5-13H,3-4H2,1-2H3. The lowest BCUT2D eigenvalue weighted by molar-refractivity contribution is -0.107. The molecule has 2 aromatic heterocycles. The Hall–Kier alpha value is -3.12. The van der Waals surface area contributed by atoms with Gasteiger partial charge in [-0.1, -0.05) is 22.8 Å². The second kappa shape index (κ2) is 8.09. The fourth-order valence-electron chi connectivity index (χ4n) is 3.16. The van der Waals surface area contributed by atoms with Gasteiger partial charge >= 0.3 is 0 Å². The van der Waals surface area contributed by atoms with E-state index in [0.717, 1.165) is 28.4 Å². The topological polar surface area (TPSA) is 78.4 Å². The van der Waals surface area contributed by atoms with Crippen molar-refractivity contribution in [2.75, 3.05) is 0 Å². The van der Waals surface area contributed by atoms with Crippen molar-refractivity contribution in [3.05, 3.63) is 53.2 Å². The van der Waals surface area contributed by atoms with Gasteiger partial charge in [-0.25, -0.2) is 0 Å². The van der Waals surface area contributed by atoms with E-state index in [4.69, 9.17) is 25.3 Å². The number of aldehydes is 1. The lowest BCUT2D eigenvalue weighted by Gasteiger charge is -2.11. The van der Waals surface area contributed by atoms with Crippen LogP contribution in [-0.4, -0.2) is 22.5 Å². The highest BCUT2D eigenvalue weighted by Gasteiger charge is 2.17. The van der Waals surface area contributed by atoms with Crippen LogP contribution in [0.3, 0.4) is 0 Å². The minimum absolute atomic E-state index is 0.0280. The van der Waals surface area contributed by atoms with Crippen molar-refractivity contribution in [1.29, 1.82) is 0 Å². The van der Waals surface area contributed by atoms with Crippen molar-refractivity contribution >= 4 is 28.9 Å². The second-order valence-electron chi connectivity index (χ2n) is 6.88. The van der Waals surface area contributed by atoms with Crippen molar-refractivity contribution in [3.8, 4) is 28.6 Å². The Balaban J connectivity index is 1.67. The van der Waals surface area contributed by atoms with Crippen LogP contribution in [-0.2, 0) is 11.2 Å². The molecule has 6 nitrogen and oxygen atoms in total. The molecule has 0 aliphatic carbocycles. The van der Waals surface area contributed by atoms with Crippen LogP contribution in [0.4, 0.5) is 0 Å². The number of hydrogen-bond acceptors (Lipinski definition) is 6. The van der Waals surface area contributed by atoms with E-state index in [9.17, 15) is 4.79 Å². The summed E-state index contributed by atoms with van der Waals surface area (Å²) >= 11 is 6.32. The van der Waals surface area contributed by atoms with Gasteiger partial charge in [-0.15, -0.1) is 0 Å². The molecular formula is C22H19ClN2O4. The van der Waals surface area contributed by atoms with Gasteiger partial charge < -0.3 is 18.5 Å². The molecule has 4 rings (SSSR count). The largest absolute Gasteiger partial charge is 0.489 e. The van der Waals surface area contributed by atoms with Crippen LogP contribution in [0.25, 0.3) is 33.8 Å². The monoisotopic (exact) mass is 410 g/mol. The van der Waals surface area contributed by atoms with Crippen LogP contribution in [0, 0.1) is 0 Å². The van der Waals surface area contributed by atoms with E-state index in [2.05, 4.69) is 10.1 Å². The summed E-state index contributed by atoms with van der Waals surface area (Å²) in [4.78, 5) is 15.2. The minimum atomic E-state index is 0.0280. The SMILES string of the molecule is CC(C)Oc1ccc(-c2nc(-c3ccc(CCC=O)c4occc34)no2)cc1Cl. The normalized spacial score (nSPS) is 11.3. The van der Waals surface area contributed by atoms with Crippen molar-refractivity contribution in [2.45, 2.75) is 32.8 Å². The lowest BCUT2D eigenvalue weighted by atomic mass is 10.0. The Bertz CT molecular complexity index is 1160. The first kappa shape index (κ1) is 19.2. The predicted octanol–water partition coefficient (Wildman–Crippen LogP) is 5.72. The van der Waals surface area contributed by atoms with Crippen molar-refractivity contribution in [2.24, 2.45) is 0 Å². The number of aromatic nitrogens is 2. The maximum atomic E-state index is 10.7. The van der Waals surface area contributed by atoms with E-state index in [-0.39, 0.29) is 6.10 Å². The number of benzene rings is 2. The fraction of sp³-hybridized carbons (Fsp3) is 0.227. The molecule has 7 heteroatoms. The maximum absolute atomic E-state index is 10.7. The van der Waals surface area contributed by atoms with E-state index in [0.29, 0.717) is 40.9 Å². The van der Waals surface area contributed by atoms with E-state index in [1.54, 1.807) is 18.4 Å². The van der Waals surface area contributed by atoms with Crippen LogP contribution in [0.2, 0.25) is 5.02 Å². The van der Waals surface area contributed by atoms with Gasteiger partial charge in [0.15, 0.2) is 0 Å². The first-order chi connectivity index (χ1) is 14.1. The molecule has 0 unspecified atom stereocenters. The van der Waals surface area contributed by atoms with Crippen molar-refractivity contribution in [1.82, 2.24) is 10.1 Å². The van der Waals surface area contributed by atoms with Crippen LogP contribution in [0.1, 0.15) is 25.8 Å². The number of nitrogens with zero attached hydrogens (tertiary/aromatic N) is 2. The van der Waals surface area contributed by atoms with Gasteiger partial charge in [0.25, 0.3) is 5.89 Å². The second-order valence-corrected chi connectivity index (χ2v) is 7.28. The van der Waals surface area contributed by atoms with Gasteiger partial charge in [0.2, 0.25) is 5.82 Å². The molecule has 29 heavy (non-hydrogen) atoms. The Morgan fingerprint density at radius 3 is 2.83 bits per heavy atom. The van der Waals surface area contributed by atoms with Gasteiger partial charge in [-0.05, 0) is 56.2 Å². The molecule has 0 amide bonds. The molecule has 2 aromatic carbocycles. The zero-order chi connectivity index (χ0) is 20.4. The first-order valence-corrected chi connectivity index (χ1v) is 9.68. The highest BCUT2D eigenvalue weighted by atomic mass is 35.5. The van der Waals surface area contributed by atoms with E-state index < -0.39 is 0 Å². The number of hydrogen-bond donors (Lipinski definition) is 0. The summed E-state index contributed by atoms with van der Waals surface area (Å²) in [5, 5.41) is 5.48. The zero-order valence-electron chi connectivity index (χ0n) is 16.0. The summed E-state index contributed by atoms with van der Waals surface area (Å²) in [5.74, 6) is 1.42. The van der Waals surface area contributed by atoms with Gasteiger partial charge in [0.1, 0.15) is 17.6 Å². The molecular weight excluding hydrogens is 392 g/mol. The lowest BCUT2D eigenvalue weighted by Crippen LogP contribution is -2.05. The smallest absolute Gasteiger partial charge is 0.258 e.